The molecular formula is C11H20N2S. The van der Waals surface area contributed by atoms with E-state index in [1.54, 1.807) is 0 Å². The van der Waals surface area contributed by atoms with Gasteiger partial charge in [-0.3, -0.25) is 0 Å². The molecule has 0 spiro atoms. The molecule has 1 aromatic rings. The third-order valence-electron chi connectivity index (χ3n) is 2.42. The van der Waals surface area contributed by atoms with Crippen molar-refractivity contribution >= 4 is 12.2 Å². The Balaban J connectivity index is 2.83. The first-order valence-electron chi connectivity index (χ1n) is 5.30. The van der Waals surface area contributed by atoms with Gasteiger partial charge in [-0.2, -0.15) is 0 Å². The largest absolute Gasteiger partial charge is 0.337 e. The second-order valence-corrected chi connectivity index (χ2v) is 4.89. The Morgan fingerprint density at radius 1 is 1.36 bits per heavy atom. The summed E-state index contributed by atoms with van der Waals surface area (Å²) in [4.78, 5) is 3.12. The zero-order chi connectivity index (χ0) is 10.7. The summed E-state index contributed by atoms with van der Waals surface area (Å²) in [7, 11) is 0. The standard InChI is InChI=1S/C11H20N2S/c1-8(2)5-6-13-10(9(3)4)7-12-11(13)14/h7-9H,5-6H2,1-4H3,(H,12,14). The molecule has 0 unspecified atom stereocenters. The predicted octanol–water partition coefficient (Wildman–Crippen LogP) is 3.72. The molecule has 0 saturated carbocycles. The fraction of sp³-hybridized carbons (Fsp3) is 0.727. The number of nitrogens with one attached hydrogen (secondary N) is 1. The maximum Gasteiger partial charge on any atom is 0.177 e. The van der Waals surface area contributed by atoms with Crippen LogP contribution in [0.1, 0.15) is 45.7 Å². The smallest absolute Gasteiger partial charge is 0.177 e. The first kappa shape index (κ1) is 11.5. The van der Waals surface area contributed by atoms with Gasteiger partial charge in [0.1, 0.15) is 0 Å². The second kappa shape index (κ2) is 4.78. The molecule has 2 nitrogen and oxygen atoms in total. The van der Waals surface area contributed by atoms with Crippen LogP contribution in [0.4, 0.5) is 0 Å². The van der Waals surface area contributed by atoms with Gasteiger partial charge in [-0.25, -0.2) is 0 Å². The molecule has 80 valence electrons. The molecule has 0 atom stereocenters. The van der Waals surface area contributed by atoms with Gasteiger partial charge in [0.05, 0.1) is 0 Å². The molecule has 1 rings (SSSR count). The molecule has 1 N–H and O–H groups in total. The van der Waals surface area contributed by atoms with E-state index < -0.39 is 0 Å². The highest BCUT2D eigenvalue weighted by Crippen LogP contribution is 2.15. The van der Waals surface area contributed by atoms with Crippen molar-refractivity contribution in [2.24, 2.45) is 5.92 Å². The average Bonchev–Trinajstić information content (AvgIpc) is 2.43. The Kier molecular flexibility index (Phi) is 3.93. The minimum absolute atomic E-state index is 0.537. The van der Waals surface area contributed by atoms with Crippen molar-refractivity contribution in [1.29, 1.82) is 0 Å². The van der Waals surface area contributed by atoms with Crippen LogP contribution in [0, 0.1) is 10.7 Å². The summed E-state index contributed by atoms with van der Waals surface area (Å²) >= 11 is 5.25. The third kappa shape index (κ3) is 2.71. The Morgan fingerprint density at radius 3 is 2.50 bits per heavy atom. The molecule has 3 heteroatoms. The monoisotopic (exact) mass is 212 g/mol. The molecule has 1 heterocycles. The number of hydrogen-bond donors (Lipinski definition) is 1. The maximum atomic E-state index is 5.25. The molecule has 0 aromatic carbocycles. The van der Waals surface area contributed by atoms with Crippen molar-refractivity contribution in [3.8, 4) is 0 Å². The van der Waals surface area contributed by atoms with Crippen LogP contribution >= 0.6 is 12.2 Å². The Bertz CT molecular complexity index is 333. The first-order valence-corrected chi connectivity index (χ1v) is 5.71. The highest BCUT2D eigenvalue weighted by atomic mass is 32.1. The summed E-state index contributed by atoms with van der Waals surface area (Å²) in [6, 6.07) is 0. The number of hydrogen-bond acceptors (Lipinski definition) is 1. The van der Waals surface area contributed by atoms with Crippen LogP contribution in [0.25, 0.3) is 0 Å². The van der Waals surface area contributed by atoms with Gasteiger partial charge in [-0.1, -0.05) is 27.7 Å². The van der Waals surface area contributed by atoms with Gasteiger partial charge >= 0.3 is 0 Å². The van der Waals surface area contributed by atoms with Crippen LogP contribution in [-0.4, -0.2) is 9.55 Å². The normalized spacial score (nSPS) is 11.6. The van der Waals surface area contributed by atoms with Crippen LogP contribution < -0.4 is 0 Å². The predicted molar refractivity (Wildman–Crippen MR) is 63.2 cm³/mol. The zero-order valence-electron chi connectivity index (χ0n) is 9.50. The highest BCUT2D eigenvalue weighted by molar-refractivity contribution is 7.71. The van der Waals surface area contributed by atoms with E-state index >= 15 is 0 Å². The van der Waals surface area contributed by atoms with Crippen molar-refractivity contribution in [2.45, 2.75) is 46.6 Å². The quantitative estimate of drug-likeness (QED) is 0.754. The molecule has 0 aliphatic heterocycles. The van der Waals surface area contributed by atoms with Gasteiger partial charge < -0.3 is 9.55 Å². The fourth-order valence-electron chi connectivity index (χ4n) is 1.51. The van der Waals surface area contributed by atoms with Crippen molar-refractivity contribution < 1.29 is 0 Å². The van der Waals surface area contributed by atoms with Gasteiger partial charge in [-0.05, 0) is 30.5 Å². The Labute approximate surface area is 91.3 Å². The number of rotatable bonds is 4. The van der Waals surface area contributed by atoms with E-state index in [9.17, 15) is 0 Å². The molecule has 14 heavy (non-hydrogen) atoms. The fourth-order valence-corrected chi connectivity index (χ4v) is 1.76. The van der Waals surface area contributed by atoms with Crippen LogP contribution in [0.15, 0.2) is 6.20 Å². The number of imidazole rings is 1. The molecule has 0 saturated heterocycles. The lowest BCUT2D eigenvalue weighted by atomic mass is 10.1. The lowest BCUT2D eigenvalue weighted by Gasteiger charge is -2.11. The lowest BCUT2D eigenvalue weighted by Crippen LogP contribution is -2.06. The van der Waals surface area contributed by atoms with E-state index in [2.05, 4.69) is 37.2 Å². The van der Waals surface area contributed by atoms with Gasteiger partial charge in [-0.15, -0.1) is 0 Å². The summed E-state index contributed by atoms with van der Waals surface area (Å²) in [5, 5.41) is 0. The molecular weight excluding hydrogens is 192 g/mol. The summed E-state index contributed by atoms with van der Waals surface area (Å²) in [6.45, 7) is 9.91. The summed E-state index contributed by atoms with van der Waals surface area (Å²) in [6.07, 6.45) is 3.22. The van der Waals surface area contributed by atoms with Gasteiger partial charge in [0.15, 0.2) is 4.77 Å². The minimum atomic E-state index is 0.537. The van der Waals surface area contributed by atoms with Crippen molar-refractivity contribution in [2.75, 3.05) is 0 Å². The van der Waals surface area contributed by atoms with E-state index in [0.717, 1.165) is 17.2 Å². The van der Waals surface area contributed by atoms with Gasteiger partial charge in [0, 0.05) is 18.4 Å². The van der Waals surface area contributed by atoms with Crippen molar-refractivity contribution in [3.05, 3.63) is 16.7 Å². The van der Waals surface area contributed by atoms with Crippen molar-refractivity contribution in [1.82, 2.24) is 9.55 Å². The van der Waals surface area contributed by atoms with Crippen LogP contribution in [0.5, 0.6) is 0 Å². The summed E-state index contributed by atoms with van der Waals surface area (Å²) < 4.78 is 3.08. The Hall–Kier alpha value is -0.570. The van der Waals surface area contributed by atoms with Crippen molar-refractivity contribution in [3.63, 3.8) is 0 Å². The number of aromatic amines is 1. The third-order valence-corrected chi connectivity index (χ3v) is 2.76. The number of nitrogens with zero attached hydrogens (tertiary/aromatic N) is 1. The number of H-pyrrole nitrogens is 1. The topological polar surface area (TPSA) is 20.7 Å². The molecule has 0 aliphatic rings. The second-order valence-electron chi connectivity index (χ2n) is 4.51. The summed E-state index contributed by atoms with van der Waals surface area (Å²) in [5.41, 5.74) is 1.32. The molecule has 0 amide bonds. The van der Waals surface area contributed by atoms with E-state index in [4.69, 9.17) is 12.2 Å². The van der Waals surface area contributed by atoms with Gasteiger partial charge in [0.25, 0.3) is 0 Å². The molecule has 0 radical (unpaired) electrons. The van der Waals surface area contributed by atoms with Crippen LogP contribution in [0.3, 0.4) is 0 Å². The highest BCUT2D eigenvalue weighted by Gasteiger charge is 2.07. The van der Waals surface area contributed by atoms with E-state index in [1.165, 1.54) is 12.1 Å². The summed E-state index contributed by atoms with van der Waals surface area (Å²) in [5.74, 6) is 1.27. The van der Waals surface area contributed by atoms with Crippen LogP contribution in [0.2, 0.25) is 0 Å². The minimum Gasteiger partial charge on any atom is -0.337 e. The van der Waals surface area contributed by atoms with E-state index in [-0.39, 0.29) is 0 Å². The lowest BCUT2D eigenvalue weighted by molar-refractivity contribution is 0.498. The van der Waals surface area contributed by atoms with Crippen LogP contribution in [-0.2, 0) is 6.54 Å². The maximum absolute atomic E-state index is 5.25. The SMILES string of the molecule is CC(C)CCn1c(C(C)C)c[nH]c1=S. The molecule has 0 bridgehead atoms. The average molecular weight is 212 g/mol. The van der Waals surface area contributed by atoms with E-state index in [1.807, 2.05) is 6.20 Å². The molecule has 0 fully saturated rings. The molecule has 1 aromatic heterocycles. The zero-order valence-corrected chi connectivity index (χ0v) is 10.3. The Morgan fingerprint density at radius 2 is 2.00 bits per heavy atom. The first-order chi connectivity index (χ1) is 6.52. The van der Waals surface area contributed by atoms with E-state index in [0.29, 0.717) is 5.92 Å². The van der Waals surface area contributed by atoms with Gasteiger partial charge in [0.2, 0.25) is 0 Å². The molecule has 0 aliphatic carbocycles. The number of aromatic nitrogens is 2.